The maximum absolute atomic E-state index is 12.4. The Morgan fingerprint density at radius 3 is 2.68 bits per heavy atom. The number of hydrogen-bond donors (Lipinski definition) is 1. The molecule has 142 valence electrons. The van der Waals surface area contributed by atoms with Gasteiger partial charge in [-0.15, -0.1) is 0 Å². The average Bonchev–Trinajstić information content (AvgIpc) is 3.03. The molecule has 1 N–H and O–H groups in total. The van der Waals surface area contributed by atoms with Gasteiger partial charge in [-0.05, 0) is 37.6 Å². The SMILES string of the molecule is Cc1cc(C)n(CC(=O)N/N=C2/CC(c3ccccc3)Oc3ccccc32)n1. The van der Waals surface area contributed by atoms with Crippen LogP contribution in [-0.2, 0) is 11.3 Å². The van der Waals surface area contributed by atoms with Crippen LogP contribution in [-0.4, -0.2) is 21.4 Å². The molecule has 1 atom stereocenters. The number of para-hydroxylation sites is 1. The Morgan fingerprint density at radius 1 is 1.18 bits per heavy atom. The summed E-state index contributed by atoms with van der Waals surface area (Å²) in [6.45, 7) is 3.97. The number of amides is 1. The summed E-state index contributed by atoms with van der Waals surface area (Å²) in [6.07, 6.45) is 0.448. The summed E-state index contributed by atoms with van der Waals surface area (Å²) in [5.74, 6) is 0.563. The molecule has 1 aliphatic heterocycles. The number of rotatable bonds is 4. The minimum atomic E-state index is -0.209. The highest BCUT2D eigenvalue weighted by Gasteiger charge is 2.26. The van der Waals surface area contributed by atoms with Gasteiger partial charge >= 0.3 is 0 Å². The van der Waals surface area contributed by atoms with Gasteiger partial charge in [0.15, 0.2) is 0 Å². The van der Waals surface area contributed by atoms with Crippen molar-refractivity contribution in [1.82, 2.24) is 15.2 Å². The summed E-state index contributed by atoms with van der Waals surface area (Å²) in [7, 11) is 0. The number of carbonyl (C=O) groups excluding carboxylic acids is 1. The Bertz CT molecular complexity index is 1020. The van der Waals surface area contributed by atoms with Gasteiger partial charge in [0.1, 0.15) is 18.4 Å². The highest BCUT2D eigenvalue weighted by atomic mass is 16.5. The maximum Gasteiger partial charge on any atom is 0.261 e. The van der Waals surface area contributed by atoms with E-state index in [0.29, 0.717) is 6.42 Å². The van der Waals surface area contributed by atoms with E-state index in [-0.39, 0.29) is 18.6 Å². The predicted molar refractivity (Wildman–Crippen MR) is 107 cm³/mol. The summed E-state index contributed by atoms with van der Waals surface area (Å²) in [5, 5.41) is 8.75. The highest BCUT2D eigenvalue weighted by Crippen LogP contribution is 2.34. The molecule has 0 bridgehead atoms. The van der Waals surface area contributed by atoms with Crippen molar-refractivity contribution < 1.29 is 9.53 Å². The Hall–Kier alpha value is -3.41. The van der Waals surface area contributed by atoms with Crippen LogP contribution in [0.15, 0.2) is 65.8 Å². The third kappa shape index (κ3) is 3.81. The van der Waals surface area contributed by atoms with Crippen molar-refractivity contribution >= 4 is 11.6 Å². The smallest absolute Gasteiger partial charge is 0.261 e. The van der Waals surface area contributed by atoms with E-state index in [1.165, 1.54) is 0 Å². The van der Waals surface area contributed by atoms with Gasteiger partial charge in [0.05, 0.1) is 11.4 Å². The monoisotopic (exact) mass is 374 g/mol. The van der Waals surface area contributed by atoms with E-state index >= 15 is 0 Å². The molecule has 4 rings (SSSR count). The Labute approximate surface area is 163 Å². The van der Waals surface area contributed by atoms with Crippen molar-refractivity contribution in [2.45, 2.75) is 32.9 Å². The molecule has 6 heteroatoms. The van der Waals surface area contributed by atoms with Crippen LogP contribution < -0.4 is 10.2 Å². The molecule has 1 unspecified atom stereocenters. The van der Waals surface area contributed by atoms with Gasteiger partial charge in [0.25, 0.3) is 5.91 Å². The lowest BCUT2D eigenvalue weighted by atomic mass is 9.96. The third-order valence-electron chi connectivity index (χ3n) is 4.73. The fourth-order valence-electron chi connectivity index (χ4n) is 3.38. The topological polar surface area (TPSA) is 68.5 Å². The van der Waals surface area contributed by atoms with Crippen LogP contribution in [0.1, 0.15) is 35.0 Å². The molecule has 2 aromatic carbocycles. The molecule has 6 nitrogen and oxygen atoms in total. The van der Waals surface area contributed by atoms with E-state index in [1.54, 1.807) is 4.68 Å². The second-order valence-electron chi connectivity index (χ2n) is 6.90. The fraction of sp³-hybridized carbons (Fsp3) is 0.227. The molecular formula is C22H22N4O2. The summed E-state index contributed by atoms with van der Waals surface area (Å²) < 4.78 is 7.84. The molecule has 1 amide bonds. The predicted octanol–water partition coefficient (Wildman–Crippen LogP) is 3.54. The molecule has 1 aromatic heterocycles. The number of hydrazone groups is 1. The zero-order valence-corrected chi connectivity index (χ0v) is 15.9. The van der Waals surface area contributed by atoms with Gasteiger partial charge in [-0.1, -0.05) is 42.5 Å². The lowest BCUT2D eigenvalue weighted by Gasteiger charge is -2.27. The summed E-state index contributed by atoms with van der Waals surface area (Å²) in [5.41, 5.74) is 7.31. The quantitative estimate of drug-likeness (QED) is 0.710. The average molecular weight is 374 g/mol. The van der Waals surface area contributed by atoms with E-state index in [0.717, 1.165) is 34.0 Å². The molecule has 0 saturated heterocycles. The van der Waals surface area contributed by atoms with Crippen molar-refractivity contribution in [3.8, 4) is 5.75 Å². The summed E-state index contributed by atoms with van der Waals surface area (Å²) in [4.78, 5) is 12.4. The number of hydrogen-bond acceptors (Lipinski definition) is 4. The normalized spacial score (nSPS) is 17.1. The number of nitrogens with one attached hydrogen (secondary N) is 1. The standard InChI is InChI=1S/C22H22N4O2/c1-15-12-16(2)26(25-15)14-22(27)24-23-19-13-21(17-8-4-3-5-9-17)28-20-11-7-6-10-18(19)20/h3-12,21H,13-14H2,1-2H3,(H,24,27)/b23-19-. The molecule has 0 radical (unpaired) electrons. The third-order valence-corrected chi connectivity index (χ3v) is 4.73. The number of benzene rings is 2. The number of fused-ring (bicyclic) bond motifs is 1. The van der Waals surface area contributed by atoms with Crippen LogP contribution in [0.4, 0.5) is 0 Å². The van der Waals surface area contributed by atoms with E-state index in [9.17, 15) is 4.79 Å². The summed E-state index contributed by atoms with van der Waals surface area (Å²) in [6, 6.07) is 19.8. The minimum Gasteiger partial charge on any atom is -0.485 e. The van der Waals surface area contributed by atoms with E-state index in [1.807, 2.05) is 74.5 Å². The van der Waals surface area contributed by atoms with Crippen LogP contribution in [0.3, 0.4) is 0 Å². The number of nitrogens with zero attached hydrogens (tertiary/aromatic N) is 3. The van der Waals surface area contributed by atoms with Crippen molar-refractivity contribution in [3.05, 3.63) is 83.2 Å². The van der Waals surface area contributed by atoms with Crippen LogP contribution >= 0.6 is 0 Å². The zero-order chi connectivity index (χ0) is 19.5. The van der Waals surface area contributed by atoms with Crippen molar-refractivity contribution in [3.63, 3.8) is 0 Å². The molecular weight excluding hydrogens is 352 g/mol. The first-order valence-electron chi connectivity index (χ1n) is 9.27. The first kappa shape index (κ1) is 18.0. The highest BCUT2D eigenvalue weighted by molar-refractivity contribution is 6.04. The van der Waals surface area contributed by atoms with E-state index in [4.69, 9.17) is 4.74 Å². The molecule has 1 aliphatic rings. The number of aromatic nitrogens is 2. The molecule has 0 saturated carbocycles. The van der Waals surface area contributed by atoms with Crippen LogP contribution in [0.25, 0.3) is 0 Å². The first-order valence-corrected chi connectivity index (χ1v) is 9.27. The van der Waals surface area contributed by atoms with Gasteiger partial charge in [-0.2, -0.15) is 10.2 Å². The number of carbonyl (C=O) groups is 1. The lowest BCUT2D eigenvalue weighted by molar-refractivity contribution is -0.121. The van der Waals surface area contributed by atoms with Crippen molar-refractivity contribution in [1.29, 1.82) is 0 Å². The van der Waals surface area contributed by atoms with Gasteiger partial charge in [-0.25, -0.2) is 5.43 Å². The van der Waals surface area contributed by atoms with Crippen molar-refractivity contribution in [2.24, 2.45) is 5.10 Å². The second-order valence-corrected chi connectivity index (χ2v) is 6.90. The van der Waals surface area contributed by atoms with Gasteiger partial charge in [0.2, 0.25) is 0 Å². The summed E-state index contributed by atoms with van der Waals surface area (Å²) >= 11 is 0. The van der Waals surface area contributed by atoms with E-state index < -0.39 is 0 Å². The molecule has 2 heterocycles. The van der Waals surface area contributed by atoms with Gasteiger partial charge in [-0.3, -0.25) is 9.48 Å². The zero-order valence-electron chi connectivity index (χ0n) is 15.9. The lowest BCUT2D eigenvalue weighted by Crippen LogP contribution is -2.28. The Kier molecular flexibility index (Phi) is 4.93. The van der Waals surface area contributed by atoms with Crippen LogP contribution in [0.5, 0.6) is 5.75 Å². The number of ether oxygens (including phenoxy) is 1. The van der Waals surface area contributed by atoms with E-state index in [2.05, 4.69) is 15.6 Å². The van der Waals surface area contributed by atoms with Crippen LogP contribution in [0, 0.1) is 13.8 Å². The molecule has 0 spiro atoms. The number of aryl methyl sites for hydroxylation is 2. The molecule has 3 aromatic rings. The Balaban J connectivity index is 1.54. The fourth-order valence-corrected chi connectivity index (χ4v) is 3.38. The molecule has 28 heavy (non-hydrogen) atoms. The van der Waals surface area contributed by atoms with Gasteiger partial charge < -0.3 is 4.74 Å². The van der Waals surface area contributed by atoms with Crippen molar-refractivity contribution in [2.75, 3.05) is 0 Å². The maximum atomic E-state index is 12.4. The van der Waals surface area contributed by atoms with Crippen LogP contribution in [0.2, 0.25) is 0 Å². The minimum absolute atomic E-state index is 0.136. The first-order chi connectivity index (χ1) is 13.6. The Morgan fingerprint density at radius 2 is 1.93 bits per heavy atom. The van der Waals surface area contributed by atoms with Gasteiger partial charge in [0, 0.05) is 17.7 Å². The largest absolute Gasteiger partial charge is 0.485 e. The second kappa shape index (κ2) is 7.68. The molecule has 0 fully saturated rings. The molecule has 0 aliphatic carbocycles.